The Kier molecular flexibility index (Phi) is 7.49. The van der Waals surface area contributed by atoms with Crippen LogP contribution in [0.4, 0.5) is 23.4 Å². The van der Waals surface area contributed by atoms with E-state index in [0.29, 0.717) is 22.6 Å². The summed E-state index contributed by atoms with van der Waals surface area (Å²) in [6.45, 7) is 4.32. The number of anilines is 1. The molecule has 0 radical (unpaired) electrons. The van der Waals surface area contributed by atoms with Crippen molar-refractivity contribution in [3.8, 4) is 17.0 Å². The van der Waals surface area contributed by atoms with E-state index in [1.807, 2.05) is 0 Å². The first-order valence-corrected chi connectivity index (χ1v) is 11.5. The van der Waals surface area contributed by atoms with Gasteiger partial charge in [0.1, 0.15) is 17.7 Å². The van der Waals surface area contributed by atoms with Gasteiger partial charge in [0, 0.05) is 17.3 Å². The molecule has 0 aliphatic heterocycles. The number of benzene rings is 1. The van der Waals surface area contributed by atoms with Gasteiger partial charge in [-0.3, -0.25) is 14.6 Å². The van der Waals surface area contributed by atoms with Crippen molar-refractivity contribution >= 4 is 23.3 Å². The van der Waals surface area contributed by atoms with Crippen LogP contribution >= 0.6 is 0 Å². The number of rotatable bonds is 7. The minimum Gasteiger partial charge on any atom is -0.406 e. The maximum atomic E-state index is 14.4. The molecule has 0 bridgehead atoms. The highest BCUT2D eigenvalue weighted by atomic mass is 19.4. The van der Waals surface area contributed by atoms with Gasteiger partial charge in [-0.05, 0) is 57.2 Å². The molecule has 0 spiro atoms. The molecule has 204 valence electrons. The average molecular weight is 546 g/mol. The van der Waals surface area contributed by atoms with Crippen molar-refractivity contribution < 1.29 is 37.0 Å². The Balaban J connectivity index is 1.56. The van der Waals surface area contributed by atoms with E-state index >= 15 is 0 Å². The molecule has 0 aliphatic rings. The lowest BCUT2D eigenvalue weighted by Gasteiger charge is -2.18. The molecule has 14 heteroatoms. The third-order valence-corrected chi connectivity index (χ3v) is 5.59. The van der Waals surface area contributed by atoms with E-state index in [9.17, 15) is 32.3 Å². The predicted molar refractivity (Wildman–Crippen MR) is 130 cm³/mol. The summed E-state index contributed by atoms with van der Waals surface area (Å²) in [5, 5.41) is 18.8. The van der Waals surface area contributed by atoms with E-state index in [4.69, 9.17) is 0 Å². The highest BCUT2D eigenvalue weighted by Gasteiger charge is 2.31. The van der Waals surface area contributed by atoms with Crippen LogP contribution in [0.15, 0.2) is 48.8 Å². The number of nitrogens with one attached hydrogen (secondary N) is 2. The molecule has 3 heterocycles. The van der Waals surface area contributed by atoms with Crippen LogP contribution < -0.4 is 15.4 Å². The molecule has 0 aliphatic carbocycles. The molecule has 2 amide bonds. The Morgan fingerprint density at radius 3 is 2.56 bits per heavy atom. The minimum absolute atomic E-state index is 0.139. The molecule has 0 unspecified atom stereocenters. The molecule has 1 aromatic carbocycles. The maximum Gasteiger partial charge on any atom is 0.573 e. The zero-order chi connectivity index (χ0) is 28.5. The van der Waals surface area contributed by atoms with Gasteiger partial charge < -0.3 is 20.5 Å². The van der Waals surface area contributed by atoms with Crippen LogP contribution in [0.3, 0.4) is 0 Å². The molecule has 3 aromatic heterocycles. The number of amides is 2. The van der Waals surface area contributed by atoms with Gasteiger partial charge in [-0.2, -0.15) is 5.10 Å². The fourth-order valence-electron chi connectivity index (χ4n) is 3.63. The summed E-state index contributed by atoms with van der Waals surface area (Å²) in [6, 6.07) is 6.30. The van der Waals surface area contributed by atoms with Crippen molar-refractivity contribution in [1.82, 2.24) is 24.9 Å². The van der Waals surface area contributed by atoms with Gasteiger partial charge in [0.25, 0.3) is 11.8 Å². The van der Waals surface area contributed by atoms with E-state index in [1.54, 1.807) is 19.1 Å². The summed E-state index contributed by atoms with van der Waals surface area (Å²) in [4.78, 5) is 33.2. The van der Waals surface area contributed by atoms with Crippen LogP contribution in [0.25, 0.3) is 16.9 Å². The van der Waals surface area contributed by atoms with Gasteiger partial charge >= 0.3 is 6.36 Å². The van der Waals surface area contributed by atoms with Crippen molar-refractivity contribution in [2.24, 2.45) is 0 Å². The third kappa shape index (κ3) is 6.46. The largest absolute Gasteiger partial charge is 0.573 e. The second-order valence-electron chi connectivity index (χ2n) is 8.60. The summed E-state index contributed by atoms with van der Waals surface area (Å²) in [7, 11) is 0. The summed E-state index contributed by atoms with van der Waals surface area (Å²) >= 11 is 0. The highest BCUT2D eigenvalue weighted by molar-refractivity contribution is 5.96. The van der Waals surface area contributed by atoms with E-state index in [1.165, 1.54) is 36.8 Å². The number of aliphatic hydroxyl groups excluding tert-OH is 1. The van der Waals surface area contributed by atoms with Gasteiger partial charge in [-0.1, -0.05) is 0 Å². The van der Waals surface area contributed by atoms with E-state index in [2.05, 4.69) is 30.4 Å². The van der Waals surface area contributed by atoms with E-state index in [0.717, 1.165) is 18.2 Å². The second kappa shape index (κ2) is 10.6. The van der Waals surface area contributed by atoms with Crippen molar-refractivity contribution in [2.75, 3.05) is 5.32 Å². The normalized spacial score (nSPS) is 13.1. The number of alkyl halides is 3. The summed E-state index contributed by atoms with van der Waals surface area (Å²) in [5.41, 5.74) is 1.56. The number of halogens is 4. The van der Waals surface area contributed by atoms with Crippen LogP contribution in [0.5, 0.6) is 5.75 Å². The van der Waals surface area contributed by atoms with Crippen molar-refractivity contribution in [3.05, 3.63) is 71.4 Å². The Morgan fingerprint density at radius 1 is 1.13 bits per heavy atom. The fraction of sp³-hybridized carbons (Fsp3) is 0.240. The molecular formula is C25H22F4N6O4. The molecular weight excluding hydrogens is 524 g/mol. The second-order valence-corrected chi connectivity index (χ2v) is 8.60. The lowest BCUT2D eigenvalue weighted by Crippen LogP contribution is -2.28. The molecule has 4 aromatic rings. The standard InChI is InChI=1S/C25H22F4N6O4/c1-12-18(24(38)31-13(2)17-9-16(4-5-19(17)26)39-25(27,28)29)8-15(10-30-12)20-6-7-22-32-21(11-35(22)34-20)33-23(37)14(3)36/h4-11,13-14,36H,1-3H3,(H,31,38)(H,33,37)/t13-,14+/m1/s1. The fourth-order valence-corrected chi connectivity index (χ4v) is 3.63. The molecule has 10 nitrogen and oxygen atoms in total. The number of aromatic nitrogens is 4. The third-order valence-electron chi connectivity index (χ3n) is 5.59. The lowest BCUT2D eigenvalue weighted by molar-refractivity contribution is -0.274. The van der Waals surface area contributed by atoms with Crippen LogP contribution in [0, 0.1) is 12.7 Å². The molecule has 3 N–H and O–H groups in total. The Bertz CT molecular complexity index is 1550. The van der Waals surface area contributed by atoms with Gasteiger partial charge in [0.2, 0.25) is 0 Å². The summed E-state index contributed by atoms with van der Waals surface area (Å²) in [5.74, 6) is -2.52. The van der Waals surface area contributed by atoms with E-state index < -0.39 is 41.9 Å². The summed E-state index contributed by atoms with van der Waals surface area (Å²) < 4.78 is 57.3. The number of pyridine rings is 1. The maximum absolute atomic E-state index is 14.4. The quantitative estimate of drug-likeness (QED) is 0.299. The highest BCUT2D eigenvalue weighted by Crippen LogP contribution is 2.28. The van der Waals surface area contributed by atoms with Crippen molar-refractivity contribution in [2.45, 2.75) is 39.3 Å². The first kappa shape index (κ1) is 27.4. The number of aryl methyl sites for hydroxylation is 1. The number of imidazole rings is 1. The number of carbonyl (C=O) groups excluding carboxylic acids is 2. The monoisotopic (exact) mass is 546 g/mol. The molecule has 0 fully saturated rings. The Hall–Kier alpha value is -4.59. The van der Waals surface area contributed by atoms with Gasteiger partial charge in [-0.15, -0.1) is 13.2 Å². The topological polar surface area (TPSA) is 131 Å². The predicted octanol–water partition coefficient (Wildman–Crippen LogP) is 3.95. The number of nitrogens with zero attached hydrogens (tertiary/aromatic N) is 4. The van der Waals surface area contributed by atoms with Crippen LogP contribution in [0.1, 0.15) is 41.5 Å². The van der Waals surface area contributed by atoms with E-state index in [-0.39, 0.29) is 16.9 Å². The molecule has 4 rings (SSSR count). The number of hydrogen-bond donors (Lipinski definition) is 3. The first-order valence-electron chi connectivity index (χ1n) is 11.5. The molecule has 2 atom stereocenters. The number of aliphatic hydroxyl groups is 1. The average Bonchev–Trinajstić information content (AvgIpc) is 3.25. The number of hydrogen-bond acceptors (Lipinski definition) is 7. The van der Waals surface area contributed by atoms with Crippen LogP contribution in [0.2, 0.25) is 0 Å². The lowest BCUT2D eigenvalue weighted by atomic mass is 10.0. The smallest absolute Gasteiger partial charge is 0.406 e. The Labute approximate surface area is 218 Å². The van der Waals surface area contributed by atoms with Crippen LogP contribution in [-0.2, 0) is 4.79 Å². The van der Waals surface area contributed by atoms with Gasteiger partial charge in [0.15, 0.2) is 11.5 Å². The van der Waals surface area contributed by atoms with Crippen molar-refractivity contribution in [1.29, 1.82) is 0 Å². The molecule has 0 saturated heterocycles. The minimum atomic E-state index is -4.95. The summed E-state index contributed by atoms with van der Waals surface area (Å²) in [6.07, 6.45) is -3.24. The number of fused-ring (bicyclic) bond motifs is 1. The molecule has 39 heavy (non-hydrogen) atoms. The zero-order valence-corrected chi connectivity index (χ0v) is 20.7. The number of ether oxygens (including phenoxy) is 1. The number of carbonyl (C=O) groups is 2. The van der Waals surface area contributed by atoms with Crippen LogP contribution in [-0.4, -0.2) is 49.0 Å². The van der Waals surface area contributed by atoms with Crippen molar-refractivity contribution in [3.63, 3.8) is 0 Å². The van der Waals surface area contributed by atoms with Gasteiger partial charge in [0.05, 0.1) is 29.2 Å². The Morgan fingerprint density at radius 2 is 1.87 bits per heavy atom. The SMILES string of the molecule is Cc1ncc(-c2ccc3nc(NC(=O)[C@H](C)O)cn3n2)cc1C(=O)N[C@H](C)c1cc(OC(F)(F)F)ccc1F. The van der Waals surface area contributed by atoms with Gasteiger partial charge in [-0.25, -0.2) is 13.9 Å². The zero-order valence-electron chi connectivity index (χ0n) is 20.7. The molecule has 0 saturated carbocycles. The first-order chi connectivity index (χ1) is 18.3.